The van der Waals surface area contributed by atoms with E-state index in [2.05, 4.69) is 43.3 Å². The molecule has 2 N–H and O–H groups in total. The molecule has 5 atom stereocenters. The number of phenols is 1. The van der Waals surface area contributed by atoms with Crippen molar-refractivity contribution in [1.82, 2.24) is 0 Å². The molecular weight excluding hydrogens is 344 g/mol. The van der Waals surface area contributed by atoms with E-state index in [0.717, 1.165) is 44.1 Å². The number of hydrogen-bond acceptors (Lipinski definition) is 2. The smallest absolute Gasteiger partial charge is 0.118 e. The van der Waals surface area contributed by atoms with Gasteiger partial charge in [0.05, 0.1) is 5.60 Å². The third-order valence-electron chi connectivity index (χ3n) is 8.70. The molecule has 5 rings (SSSR count). The summed E-state index contributed by atoms with van der Waals surface area (Å²) in [4.78, 5) is 0. The van der Waals surface area contributed by atoms with Crippen LogP contribution in [0.4, 0.5) is 0 Å². The molecule has 0 radical (unpaired) electrons. The summed E-state index contributed by atoms with van der Waals surface area (Å²) in [5.74, 6) is 2.30. The molecule has 3 aliphatic rings. The zero-order valence-electron chi connectivity index (χ0n) is 17.1. The van der Waals surface area contributed by atoms with Crippen LogP contribution in [0.5, 0.6) is 5.75 Å². The third-order valence-corrected chi connectivity index (χ3v) is 8.70. The molecule has 3 aliphatic carbocycles. The van der Waals surface area contributed by atoms with Gasteiger partial charge >= 0.3 is 0 Å². The second-order valence-corrected chi connectivity index (χ2v) is 9.94. The van der Waals surface area contributed by atoms with Gasteiger partial charge in [-0.25, -0.2) is 0 Å². The average Bonchev–Trinajstić information content (AvgIpc) is 2.94. The Morgan fingerprint density at radius 1 is 1.04 bits per heavy atom. The summed E-state index contributed by atoms with van der Waals surface area (Å²) in [6.07, 6.45) is 7.37. The number of rotatable bonds is 2. The maximum atomic E-state index is 11.8. The lowest BCUT2D eigenvalue weighted by molar-refractivity contribution is -0.102. The standard InChI is InChI=1S/C26H32O2/c1-17-14-22-19(15-24(17)27)8-9-21-20(22)10-12-25(2)23(21)11-13-26(25,28)16-18-6-4-3-5-7-18/h3-7,14-15,20-21,23,27-28H,8-13,16H2,1-2H3/t20?,21?,23?,25-,26+/m0/s1. The van der Waals surface area contributed by atoms with Crippen molar-refractivity contribution in [3.05, 3.63) is 64.7 Å². The van der Waals surface area contributed by atoms with E-state index in [1.807, 2.05) is 13.0 Å². The fourth-order valence-corrected chi connectivity index (χ4v) is 7.06. The molecule has 0 aliphatic heterocycles. The van der Waals surface area contributed by atoms with E-state index in [1.54, 1.807) is 0 Å². The Kier molecular flexibility index (Phi) is 4.14. The average molecular weight is 377 g/mol. The van der Waals surface area contributed by atoms with Gasteiger partial charge in [-0.1, -0.05) is 43.3 Å². The van der Waals surface area contributed by atoms with E-state index in [-0.39, 0.29) is 5.41 Å². The van der Waals surface area contributed by atoms with Crippen LogP contribution in [-0.4, -0.2) is 15.8 Å². The van der Waals surface area contributed by atoms with Crippen molar-refractivity contribution in [3.63, 3.8) is 0 Å². The molecular formula is C26H32O2. The van der Waals surface area contributed by atoms with Crippen LogP contribution in [0, 0.1) is 24.2 Å². The number of hydrogen-bond donors (Lipinski definition) is 2. The molecule has 0 heterocycles. The lowest BCUT2D eigenvalue weighted by Crippen LogP contribution is -2.51. The van der Waals surface area contributed by atoms with Crippen LogP contribution >= 0.6 is 0 Å². The first-order valence-corrected chi connectivity index (χ1v) is 11.0. The van der Waals surface area contributed by atoms with E-state index in [1.165, 1.54) is 23.1 Å². The van der Waals surface area contributed by atoms with Crippen molar-refractivity contribution in [2.75, 3.05) is 0 Å². The highest BCUT2D eigenvalue weighted by atomic mass is 16.3. The molecule has 0 amide bonds. The van der Waals surface area contributed by atoms with Crippen LogP contribution < -0.4 is 0 Å². The molecule has 3 unspecified atom stereocenters. The summed E-state index contributed by atoms with van der Waals surface area (Å²) in [6, 6.07) is 14.8. The molecule has 148 valence electrons. The van der Waals surface area contributed by atoms with Gasteiger partial charge in [0.1, 0.15) is 5.75 Å². The van der Waals surface area contributed by atoms with Crippen LogP contribution in [0.2, 0.25) is 0 Å². The molecule has 0 aromatic heterocycles. The van der Waals surface area contributed by atoms with Crippen LogP contribution in [0.15, 0.2) is 42.5 Å². The fourth-order valence-electron chi connectivity index (χ4n) is 7.06. The lowest BCUT2D eigenvalue weighted by Gasteiger charge is -2.53. The maximum absolute atomic E-state index is 11.8. The second kappa shape index (κ2) is 6.35. The second-order valence-electron chi connectivity index (χ2n) is 9.94. The predicted octanol–water partition coefficient (Wildman–Crippen LogP) is 5.53. The first kappa shape index (κ1) is 18.2. The summed E-state index contributed by atoms with van der Waals surface area (Å²) in [5, 5.41) is 22.0. The van der Waals surface area contributed by atoms with Gasteiger partial charge in [-0.05, 0) is 96.9 Å². The van der Waals surface area contributed by atoms with Gasteiger partial charge < -0.3 is 10.2 Å². The Morgan fingerprint density at radius 3 is 2.61 bits per heavy atom. The van der Waals surface area contributed by atoms with E-state index >= 15 is 0 Å². The van der Waals surface area contributed by atoms with Crippen molar-refractivity contribution in [2.24, 2.45) is 17.3 Å². The number of benzene rings is 2. The van der Waals surface area contributed by atoms with Crippen LogP contribution in [0.25, 0.3) is 0 Å². The Labute approximate surface area is 168 Å². The van der Waals surface area contributed by atoms with Crippen molar-refractivity contribution in [1.29, 1.82) is 0 Å². The van der Waals surface area contributed by atoms with E-state index in [4.69, 9.17) is 0 Å². The highest BCUT2D eigenvalue weighted by Crippen LogP contribution is 2.65. The minimum atomic E-state index is -0.588. The molecule has 2 aromatic rings. The van der Waals surface area contributed by atoms with Gasteiger partial charge in [0, 0.05) is 6.42 Å². The minimum Gasteiger partial charge on any atom is -0.508 e. The van der Waals surface area contributed by atoms with Crippen molar-refractivity contribution in [2.45, 2.75) is 70.3 Å². The molecule has 2 nitrogen and oxygen atoms in total. The van der Waals surface area contributed by atoms with Gasteiger partial charge in [0.15, 0.2) is 0 Å². The topological polar surface area (TPSA) is 40.5 Å². The zero-order chi connectivity index (χ0) is 19.5. The zero-order valence-corrected chi connectivity index (χ0v) is 17.1. The molecule has 2 aromatic carbocycles. The normalized spacial score (nSPS) is 36.5. The highest BCUT2D eigenvalue weighted by molar-refractivity contribution is 5.45. The Hall–Kier alpha value is -1.80. The molecule has 2 heteroatoms. The first-order valence-electron chi connectivity index (χ1n) is 11.0. The molecule has 0 spiro atoms. The van der Waals surface area contributed by atoms with Crippen LogP contribution in [-0.2, 0) is 12.8 Å². The largest absolute Gasteiger partial charge is 0.508 e. The number of fused-ring (bicyclic) bond motifs is 5. The Bertz CT molecular complexity index is 889. The summed E-state index contributed by atoms with van der Waals surface area (Å²) in [7, 11) is 0. The first-order chi connectivity index (χ1) is 13.4. The van der Waals surface area contributed by atoms with Gasteiger partial charge in [0.2, 0.25) is 0 Å². The Balaban J connectivity index is 1.46. The number of phenolic OH excluding ortho intramolecular Hbond substituents is 1. The molecule has 2 saturated carbocycles. The van der Waals surface area contributed by atoms with Gasteiger partial charge in [-0.3, -0.25) is 0 Å². The van der Waals surface area contributed by atoms with Gasteiger partial charge in [-0.2, -0.15) is 0 Å². The number of aliphatic hydroxyl groups is 1. The summed E-state index contributed by atoms with van der Waals surface area (Å²) in [6.45, 7) is 4.39. The van der Waals surface area contributed by atoms with Crippen LogP contribution in [0.3, 0.4) is 0 Å². The van der Waals surface area contributed by atoms with E-state index in [0.29, 0.717) is 23.5 Å². The molecule has 0 saturated heterocycles. The summed E-state index contributed by atoms with van der Waals surface area (Å²) < 4.78 is 0. The van der Waals surface area contributed by atoms with E-state index < -0.39 is 5.60 Å². The van der Waals surface area contributed by atoms with Crippen LogP contribution in [0.1, 0.15) is 67.2 Å². The van der Waals surface area contributed by atoms with Crippen molar-refractivity contribution in [3.8, 4) is 5.75 Å². The molecule has 2 fully saturated rings. The monoisotopic (exact) mass is 376 g/mol. The maximum Gasteiger partial charge on any atom is 0.118 e. The van der Waals surface area contributed by atoms with E-state index in [9.17, 15) is 10.2 Å². The molecule has 28 heavy (non-hydrogen) atoms. The summed E-state index contributed by atoms with van der Waals surface area (Å²) in [5.41, 5.74) is 4.51. The number of aryl methyl sites for hydroxylation is 2. The van der Waals surface area contributed by atoms with Crippen molar-refractivity contribution >= 4 is 0 Å². The quantitative estimate of drug-likeness (QED) is 0.723. The lowest BCUT2D eigenvalue weighted by atomic mass is 9.52. The highest BCUT2D eigenvalue weighted by Gasteiger charge is 2.61. The number of aromatic hydroxyl groups is 1. The van der Waals surface area contributed by atoms with Crippen molar-refractivity contribution < 1.29 is 10.2 Å². The third kappa shape index (κ3) is 2.57. The SMILES string of the molecule is Cc1cc2c(cc1O)CCC1C2CC[C@@]2(C)C1CC[C@@]2(O)Cc1ccccc1. The Morgan fingerprint density at radius 2 is 1.82 bits per heavy atom. The summed E-state index contributed by atoms with van der Waals surface area (Å²) >= 11 is 0. The fraction of sp³-hybridized carbons (Fsp3) is 0.538. The molecule has 0 bridgehead atoms. The van der Waals surface area contributed by atoms with Gasteiger partial charge in [0.25, 0.3) is 0 Å². The predicted molar refractivity (Wildman–Crippen MR) is 113 cm³/mol. The minimum absolute atomic E-state index is 0.00742. The van der Waals surface area contributed by atoms with Gasteiger partial charge in [-0.15, -0.1) is 0 Å².